The van der Waals surface area contributed by atoms with Gasteiger partial charge in [0.05, 0.1) is 13.2 Å². The normalized spacial score (nSPS) is 9.40. The number of rotatable bonds is 10. The van der Waals surface area contributed by atoms with Gasteiger partial charge in [0.1, 0.15) is 6.42 Å². The minimum absolute atomic E-state index is 0.149. The van der Waals surface area contributed by atoms with E-state index >= 15 is 0 Å². The zero-order valence-electron chi connectivity index (χ0n) is 13.5. The molecule has 118 valence electrons. The summed E-state index contributed by atoms with van der Waals surface area (Å²) in [5.74, 6) is -1.07. The minimum atomic E-state index is -0.536. The summed E-state index contributed by atoms with van der Waals surface area (Å²) in [6.45, 7) is 8.53. The van der Waals surface area contributed by atoms with Gasteiger partial charge in [-0.3, -0.25) is 9.59 Å². The second kappa shape index (κ2) is 18.7. The van der Waals surface area contributed by atoms with Crippen molar-refractivity contribution in [2.24, 2.45) is 0 Å². The number of esters is 2. The summed E-state index contributed by atoms with van der Waals surface area (Å²) < 4.78 is 12.3. The van der Waals surface area contributed by atoms with E-state index in [1.165, 1.54) is 25.7 Å². The fourth-order valence-corrected chi connectivity index (χ4v) is 5.43. The Morgan fingerprint density at radius 3 is 1.50 bits per heavy atom. The predicted octanol–water partition coefficient (Wildman–Crippen LogP) is 3.63. The van der Waals surface area contributed by atoms with Crippen LogP contribution in [0.5, 0.6) is 0 Å². The van der Waals surface area contributed by atoms with Crippen molar-refractivity contribution in [1.29, 1.82) is 0 Å². The monoisotopic (exact) mass is 394 g/mol. The minimum Gasteiger partial charge on any atom is -0.466 e. The van der Waals surface area contributed by atoms with Crippen LogP contribution in [-0.4, -0.2) is 46.3 Å². The molecule has 0 aromatic rings. The molecule has 0 aromatic heterocycles. The van der Waals surface area contributed by atoms with Gasteiger partial charge in [0, 0.05) is 0 Å². The van der Waals surface area contributed by atoms with E-state index in [1.807, 2.05) is 0 Å². The maximum atomic E-state index is 10.6. The number of unbranched alkanes of at least 4 members (excludes halogenated alkanes) is 2. The molecule has 20 heavy (non-hydrogen) atoms. The van der Waals surface area contributed by atoms with E-state index in [2.05, 4.69) is 23.3 Å². The average Bonchev–Trinajstić information content (AvgIpc) is 2.40. The summed E-state index contributed by atoms with van der Waals surface area (Å²) in [7, 11) is 0. The van der Waals surface area contributed by atoms with E-state index in [0.717, 1.165) is 0 Å². The van der Waals surface area contributed by atoms with Crippen molar-refractivity contribution in [3.8, 4) is 0 Å². The number of hydrogen-bond donors (Lipinski definition) is 0. The van der Waals surface area contributed by atoms with Crippen LogP contribution in [0.25, 0.3) is 0 Å². The first-order valence-electron chi connectivity index (χ1n) is 7.64. The van der Waals surface area contributed by atoms with Gasteiger partial charge in [-0.2, -0.15) is 0 Å². The average molecular weight is 393 g/mol. The molecule has 0 aliphatic carbocycles. The van der Waals surface area contributed by atoms with Gasteiger partial charge in [-0.05, 0) is 13.8 Å². The van der Waals surface area contributed by atoms with Crippen LogP contribution < -0.4 is 0 Å². The van der Waals surface area contributed by atoms with Crippen LogP contribution in [0.2, 0.25) is 8.87 Å². The summed E-state index contributed by atoms with van der Waals surface area (Å²) in [5, 5.41) is 0. The molecule has 0 atom stereocenters. The summed E-state index contributed by atoms with van der Waals surface area (Å²) in [6.07, 6.45) is 5.55. The molecular weight excluding hydrogens is 363 g/mol. The zero-order chi connectivity index (χ0) is 15.6. The van der Waals surface area contributed by atoms with Crippen LogP contribution in [-0.2, 0) is 19.1 Å². The Balaban J connectivity index is 0. The molecule has 0 aliphatic heterocycles. The topological polar surface area (TPSA) is 52.6 Å². The van der Waals surface area contributed by atoms with Crippen LogP contribution >= 0.6 is 0 Å². The Labute approximate surface area is 134 Å². The summed E-state index contributed by atoms with van der Waals surface area (Å²) in [5.41, 5.74) is 0. The molecule has 0 amide bonds. The maximum absolute atomic E-state index is 10.6. The van der Waals surface area contributed by atoms with Gasteiger partial charge in [-0.15, -0.1) is 0 Å². The quantitative estimate of drug-likeness (QED) is 0.246. The molecule has 0 N–H and O–H groups in total. The van der Waals surface area contributed by atoms with Crippen molar-refractivity contribution in [1.82, 2.24) is 0 Å². The van der Waals surface area contributed by atoms with Gasteiger partial charge < -0.3 is 9.47 Å². The Bertz CT molecular complexity index is 210. The molecule has 0 bridgehead atoms. The van der Waals surface area contributed by atoms with Crippen molar-refractivity contribution in [2.45, 2.75) is 68.7 Å². The molecule has 0 aromatic carbocycles. The van der Waals surface area contributed by atoms with Gasteiger partial charge in [-0.25, -0.2) is 0 Å². The molecule has 2 radical (unpaired) electrons. The van der Waals surface area contributed by atoms with E-state index in [1.54, 1.807) is 22.7 Å². The molecule has 0 fully saturated rings. The maximum Gasteiger partial charge on any atom is 0.317 e. The summed E-state index contributed by atoms with van der Waals surface area (Å²) >= 11 is 0.149. The number of hydrogen-bond acceptors (Lipinski definition) is 4. The van der Waals surface area contributed by atoms with Crippen molar-refractivity contribution in [2.75, 3.05) is 13.2 Å². The smallest absolute Gasteiger partial charge is 0.317 e. The van der Waals surface area contributed by atoms with Gasteiger partial charge in [0.25, 0.3) is 0 Å². The molecule has 0 heterocycles. The Kier molecular flexibility index (Phi) is 20.6. The first-order valence-corrected chi connectivity index (χ1v) is 11.7. The summed E-state index contributed by atoms with van der Waals surface area (Å²) in [6, 6.07) is 0. The van der Waals surface area contributed by atoms with Crippen molar-refractivity contribution >= 4 is 33.1 Å². The van der Waals surface area contributed by atoms with Gasteiger partial charge in [0.15, 0.2) is 0 Å². The SMILES string of the molecule is CCC[CH2][Sn][CH2]CCC.CCOC(=O)CC(=O)OCC. The second-order valence-electron chi connectivity index (χ2n) is 4.24. The van der Waals surface area contributed by atoms with E-state index in [-0.39, 0.29) is 40.8 Å². The molecule has 0 spiro atoms. The van der Waals surface area contributed by atoms with E-state index < -0.39 is 11.9 Å². The van der Waals surface area contributed by atoms with E-state index in [4.69, 9.17) is 0 Å². The number of carbonyl (C=O) groups excluding carboxylic acids is 2. The molecule has 5 heteroatoms. The molecule has 4 nitrogen and oxygen atoms in total. The Hall–Kier alpha value is -0.261. The van der Waals surface area contributed by atoms with Crippen LogP contribution in [0.4, 0.5) is 0 Å². The van der Waals surface area contributed by atoms with Crippen LogP contribution in [0.1, 0.15) is 59.8 Å². The fraction of sp³-hybridized carbons (Fsp3) is 0.867. The van der Waals surface area contributed by atoms with Crippen LogP contribution in [0.15, 0.2) is 0 Å². The number of carbonyl (C=O) groups is 2. The van der Waals surface area contributed by atoms with Crippen molar-refractivity contribution in [3.05, 3.63) is 0 Å². The standard InChI is InChI=1S/C7H12O4.2C4H9.Sn/c1-3-10-6(8)5-7(9)11-4-2;2*1-3-4-2;/h3-5H2,1-2H3;2*1,3-4H2,2H3;. The first kappa shape index (κ1) is 22.0. The Morgan fingerprint density at radius 1 is 0.800 bits per heavy atom. The largest absolute Gasteiger partial charge is 0.466 e. The third kappa shape index (κ3) is 20.1. The van der Waals surface area contributed by atoms with Gasteiger partial charge in [-0.1, -0.05) is 0 Å². The molecule has 0 rings (SSSR count). The number of ether oxygens (including phenoxy) is 2. The molecular formula is C15H30O4Sn. The van der Waals surface area contributed by atoms with Gasteiger partial charge in [0.2, 0.25) is 0 Å². The van der Waals surface area contributed by atoms with Crippen LogP contribution in [0.3, 0.4) is 0 Å². The third-order valence-corrected chi connectivity index (χ3v) is 6.35. The summed E-state index contributed by atoms with van der Waals surface area (Å²) in [4.78, 5) is 21.2. The van der Waals surface area contributed by atoms with E-state index in [9.17, 15) is 9.59 Å². The fourth-order valence-electron chi connectivity index (χ4n) is 1.27. The molecule has 0 aliphatic rings. The molecule has 0 saturated carbocycles. The third-order valence-electron chi connectivity index (χ3n) is 2.31. The van der Waals surface area contributed by atoms with E-state index in [0.29, 0.717) is 0 Å². The van der Waals surface area contributed by atoms with Gasteiger partial charge >= 0.3 is 81.5 Å². The van der Waals surface area contributed by atoms with Crippen molar-refractivity contribution in [3.63, 3.8) is 0 Å². The molecule has 0 unspecified atom stereocenters. The van der Waals surface area contributed by atoms with Crippen molar-refractivity contribution < 1.29 is 19.1 Å². The Morgan fingerprint density at radius 2 is 1.20 bits per heavy atom. The predicted molar refractivity (Wildman–Crippen MR) is 83.1 cm³/mol. The molecule has 0 saturated heterocycles. The second-order valence-corrected chi connectivity index (χ2v) is 8.53. The zero-order valence-corrected chi connectivity index (χ0v) is 16.4. The van der Waals surface area contributed by atoms with Crippen LogP contribution in [0, 0.1) is 0 Å². The first-order chi connectivity index (χ1) is 9.62.